The molecule has 0 saturated carbocycles. The van der Waals surface area contributed by atoms with Gasteiger partial charge in [-0.15, -0.1) is 0 Å². The first-order valence-corrected chi connectivity index (χ1v) is 10.4. The van der Waals surface area contributed by atoms with E-state index in [2.05, 4.69) is 0 Å². The van der Waals surface area contributed by atoms with Crippen LogP contribution in [0.25, 0.3) is 5.69 Å². The summed E-state index contributed by atoms with van der Waals surface area (Å²) in [5.41, 5.74) is 6.33. The normalized spacial score (nSPS) is 16.2. The summed E-state index contributed by atoms with van der Waals surface area (Å²) in [6.07, 6.45) is 2.54. The number of carbonyl (C=O) groups is 2. The number of hydrogen-bond donors (Lipinski definition) is 1. The highest BCUT2D eigenvalue weighted by Gasteiger charge is 2.29. The Morgan fingerprint density at radius 1 is 1.28 bits per heavy atom. The summed E-state index contributed by atoms with van der Waals surface area (Å²) in [4.78, 5) is 26.3. The van der Waals surface area contributed by atoms with Gasteiger partial charge in [-0.1, -0.05) is 6.07 Å². The van der Waals surface area contributed by atoms with Gasteiger partial charge in [-0.3, -0.25) is 0 Å². The Morgan fingerprint density at radius 2 is 2.03 bits per heavy atom. The molecule has 1 amide bonds. The quantitative estimate of drug-likeness (QED) is 0.723. The molecule has 1 atom stereocenters. The van der Waals surface area contributed by atoms with Crippen molar-refractivity contribution in [2.24, 2.45) is 0 Å². The number of aromatic nitrogens is 1. The number of rotatable bonds is 4. The lowest BCUT2D eigenvalue weighted by Crippen LogP contribution is -2.46. The Bertz CT molecular complexity index is 1050. The number of hydrogen-bond acceptors (Lipinski definition) is 7. The number of amides is 1. The van der Waals surface area contributed by atoms with Crippen LogP contribution in [0.1, 0.15) is 49.7 Å². The second kappa shape index (κ2) is 9.22. The van der Waals surface area contributed by atoms with E-state index >= 15 is 0 Å². The van der Waals surface area contributed by atoms with Crippen LogP contribution in [0.2, 0.25) is 0 Å². The first kappa shape index (κ1) is 23.0. The maximum atomic E-state index is 12.4. The summed E-state index contributed by atoms with van der Waals surface area (Å²) in [6, 6.07) is 9.08. The molecule has 1 aliphatic rings. The van der Waals surface area contributed by atoms with Crippen molar-refractivity contribution >= 4 is 17.7 Å². The summed E-state index contributed by atoms with van der Waals surface area (Å²) in [7, 11) is 1.25. The number of esters is 1. The Hall–Kier alpha value is -3.67. The molecular formula is C23H28N4O5. The summed E-state index contributed by atoms with van der Waals surface area (Å²) in [5.74, 6) is -0.0734. The fraction of sp³-hybridized carbons (Fsp3) is 0.435. The molecule has 1 fully saturated rings. The number of ether oxygens (including phenoxy) is 3. The van der Waals surface area contributed by atoms with Crippen LogP contribution in [0.4, 0.5) is 10.5 Å². The van der Waals surface area contributed by atoms with Gasteiger partial charge < -0.3 is 29.4 Å². The van der Waals surface area contributed by atoms with Crippen molar-refractivity contribution in [3.63, 3.8) is 0 Å². The van der Waals surface area contributed by atoms with Crippen molar-refractivity contribution in [1.82, 2.24) is 9.47 Å². The predicted molar refractivity (Wildman–Crippen MR) is 118 cm³/mol. The zero-order valence-corrected chi connectivity index (χ0v) is 18.8. The van der Waals surface area contributed by atoms with E-state index in [4.69, 9.17) is 19.9 Å². The molecule has 1 saturated heterocycles. The standard InChI is InChI=1S/C23H28N4O5/c1-23(2,3)32-22(29)26-10-6-9-18(14-26)31-17-8-5-7-16(11-17)27-13-15(12-24)19(25)20(27)21(28)30-4/h5,7-8,11,13,18H,6,9-10,14,25H2,1-4H3. The zero-order chi connectivity index (χ0) is 23.5. The summed E-state index contributed by atoms with van der Waals surface area (Å²) in [6.45, 7) is 6.55. The number of nitrogens with two attached hydrogens (primary N) is 1. The Labute approximate surface area is 187 Å². The van der Waals surface area contributed by atoms with Gasteiger partial charge in [-0.2, -0.15) is 5.26 Å². The van der Waals surface area contributed by atoms with Crippen molar-refractivity contribution in [2.45, 2.75) is 45.3 Å². The first-order valence-electron chi connectivity index (χ1n) is 10.4. The highest BCUT2D eigenvalue weighted by molar-refractivity contribution is 5.96. The molecule has 1 aromatic carbocycles. The summed E-state index contributed by atoms with van der Waals surface area (Å²) >= 11 is 0. The van der Waals surface area contributed by atoms with E-state index in [1.807, 2.05) is 26.8 Å². The largest absolute Gasteiger partial charge is 0.489 e. The minimum absolute atomic E-state index is 0.0611. The van der Waals surface area contributed by atoms with Crippen LogP contribution >= 0.6 is 0 Å². The Kier molecular flexibility index (Phi) is 6.63. The fourth-order valence-corrected chi connectivity index (χ4v) is 3.54. The number of benzene rings is 1. The van der Waals surface area contributed by atoms with Crippen LogP contribution in [0, 0.1) is 11.3 Å². The van der Waals surface area contributed by atoms with Crippen LogP contribution in [0.3, 0.4) is 0 Å². The van der Waals surface area contributed by atoms with Gasteiger partial charge in [0.25, 0.3) is 0 Å². The molecule has 0 radical (unpaired) electrons. The average Bonchev–Trinajstić information content (AvgIpc) is 3.08. The third kappa shape index (κ3) is 5.14. The lowest BCUT2D eigenvalue weighted by atomic mass is 10.1. The van der Waals surface area contributed by atoms with E-state index in [1.165, 1.54) is 17.9 Å². The highest BCUT2D eigenvalue weighted by Crippen LogP contribution is 2.28. The van der Waals surface area contributed by atoms with Crippen molar-refractivity contribution in [3.8, 4) is 17.5 Å². The molecule has 0 aliphatic carbocycles. The number of anilines is 1. The number of likely N-dealkylation sites (tertiary alicyclic amines) is 1. The van der Waals surface area contributed by atoms with Crippen LogP contribution in [0.5, 0.6) is 5.75 Å². The van der Waals surface area contributed by atoms with Crippen LogP contribution in [0.15, 0.2) is 30.5 Å². The molecular weight excluding hydrogens is 412 g/mol. The molecule has 0 bridgehead atoms. The molecule has 9 nitrogen and oxygen atoms in total. The lowest BCUT2D eigenvalue weighted by Gasteiger charge is -2.34. The number of nitrogen functional groups attached to an aromatic ring is 1. The van der Waals surface area contributed by atoms with Gasteiger partial charge in [0.1, 0.15) is 23.5 Å². The molecule has 2 N–H and O–H groups in total. The van der Waals surface area contributed by atoms with Gasteiger partial charge in [0.05, 0.1) is 24.9 Å². The van der Waals surface area contributed by atoms with Gasteiger partial charge in [-0.05, 0) is 45.7 Å². The van der Waals surface area contributed by atoms with Crippen LogP contribution < -0.4 is 10.5 Å². The molecule has 3 rings (SSSR count). The lowest BCUT2D eigenvalue weighted by molar-refractivity contribution is 0.00775. The minimum Gasteiger partial charge on any atom is -0.489 e. The fourth-order valence-electron chi connectivity index (χ4n) is 3.54. The molecule has 2 aromatic rings. The molecule has 1 aliphatic heterocycles. The number of nitrogens with zero attached hydrogens (tertiary/aromatic N) is 3. The van der Waals surface area contributed by atoms with E-state index < -0.39 is 11.6 Å². The second-order valence-electron chi connectivity index (χ2n) is 8.58. The van der Waals surface area contributed by atoms with Gasteiger partial charge in [-0.25, -0.2) is 9.59 Å². The first-order chi connectivity index (χ1) is 15.1. The molecule has 2 heterocycles. The Balaban J connectivity index is 1.80. The van der Waals surface area contributed by atoms with E-state index in [0.717, 1.165) is 12.8 Å². The van der Waals surface area contributed by atoms with Crippen molar-refractivity contribution in [1.29, 1.82) is 5.26 Å². The zero-order valence-electron chi connectivity index (χ0n) is 18.8. The topological polar surface area (TPSA) is 120 Å². The third-order valence-electron chi connectivity index (χ3n) is 4.97. The van der Waals surface area contributed by atoms with Crippen molar-refractivity contribution in [2.75, 3.05) is 25.9 Å². The van der Waals surface area contributed by atoms with E-state index in [0.29, 0.717) is 24.5 Å². The SMILES string of the molecule is COC(=O)c1c(N)c(C#N)cn1-c1cccc(OC2CCCN(C(=O)OC(C)(C)C)C2)c1. The second-order valence-corrected chi connectivity index (χ2v) is 8.58. The third-order valence-corrected chi connectivity index (χ3v) is 4.97. The average molecular weight is 441 g/mol. The smallest absolute Gasteiger partial charge is 0.410 e. The molecule has 9 heteroatoms. The summed E-state index contributed by atoms with van der Waals surface area (Å²) < 4.78 is 18.0. The summed E-state index contributed by atoms with van der Waals surface area (Å²) in [5, 5.41) is 9.31. The van der Waals surface area contributed by atoms with Gasteiger partial charge in [0.2, 0.25) is 0 Å². The van der Waals surface area contributed by atoms with E-state index in [9.17, 15) is 14.9 Å². The molecule has 1 unspecified atom stereocenters. The number of carbonyl (C=O) groups excluding carboxylic acids is 2. The van der Waals surface area contributed by atoms with Crippen LogP contribution in [-0.2, 0) is 9.47 Å². The Morgan fingerprint density at radius 3 is 2.69 bits per heavy atom. The van der Waals surface area contributed by atoms with Gasteiger partial charge in [0, 0.05) is 24.5 Å². The van der Waals surface area contributed by atoms with Crippen molar-refractivity contribution < 1.29 is 23.8 Å². The predicted octanol–water partition coefficient (Wildman–Crippen LogP) is 3.50. The monoisotopic (exact) mass is 440 g/mol. The minimum atomic E-state index is -0.643. The number of methoxy groups -OCH3 is 1. The number of nitriles is 1. The van der Waals surface area contributed by atoms with Gasteiger partial charge >= 0.3 is 12.1 Å². The number of piperidine rings is 1. The van der Waals surface area contributed by atoms with Crippen LogP contribution in [-0.4, -0.2) is 53.4 Å². The molecule has 170 valence electrons. The molecule has 32 heavy (non-hydrogen) atoms. The highest BCUT2D eigenvalue weighted by atomic mass is 16.6. The van der Waals surface area contributed by atoms with Gasteiger partial charge in [0.15, 0.2) is 5.69 Å². The van der Waals surface area contributed by atoms with Crippen molar-refractivity contribution in [3.05, 3.63) is 41.7 Å². The van der Waals surface area contributed by atoms with E-state index in [1.54, 1.807) is 29.2 Å². The molecule has 1 aromatic heterocycles. The molecule has 0 spiro atoms. The van der Waals surface area contributed by atoms with E-state index in [-0.39, 0.29) is 29.1 Å². The maximum Gasteiger partial charge on any atom is 0.410 e. The maximum absolute atomic E-state index is 12.4.